The molecule has 6 nitrogen and oxygen atoms in total. The van der Waals surface area contributed by atoms with Gasteiger partial charge in [0, 0.05) is 36.9 Å². The normalized spacial score (nSPS) is 10.8. The summed E-state index contributed by atoms with van der Waals surface area (Å²) in [5, 5.41) is 3.35. The van der Waals surface area contributed by atoms with Crippen molar-refractivity contribution < 1.29 is 0 Å². The Bertz CT molecular complexity index is 1040. The topological polar surface area (TPSA) is 86.5 Å². The molecule has 4 aromatic rings. The van der Waals surface area contributed by atoms with E-state index in [0.717, 1.165) is 33.4 Å². The summed E-state index contributed by atoms with van der Waals surface area (Å²) in [5.41, 5.74) is 5.39. The monoisotopic (exact) mass is 317 g/mol. The number of benzene rings is 1. The van der Waals surface area contributed by atoms with E-state index in [4.69, 9.17) is 0 Å². The highest BCUT2D eigenvalue weighted by atomic mass is 16.1. The Labute approximate surface area is 137 Å². The molecule has 0 bridgehead atoms. The van der Waals surface area contributed by atoms with Gasteiger partial charge in [0.25, 0.3) is 0 Å². The molecule has 0 aliphatic heterocycles. The molecule has 6 heteroatoms. The molecule has 1 aromatic carbocycles. The lowest BCUT2D eigenvalue weighted by Crippen LogP contribution is -2.00. The minimum Gasteiger partial charge on any atom is -0.380 e. The van der Waals surface area contributed by atoms with Crippen molar-refractivity contribution in [3.8, 4) is 11.1 Å². The maximum Gasteiger partial charge on any atom is 0.323 e. The Balaban J connectivity index is 1.60. The molecule has 24 heavy (non-hydrogen) atoms. The van der Waals surface area contributed by atoms with Crippen molar-refractivity contribution in [2.45, 2.75) is 6.54 Å². The Morgan fingerprint density at radius 1 is 0.917 bits per heavy atom. The van der Waals surface area contributed by atoms with Gasteiger partial charge in [-0.1, -0.05) is 12.1 Å². The summed E-state index contributed by atoms with van der Waals surface area (Å²) in [7, 11) is 0. The maximum absolute atomic E-state index is 11.4. The number of imidazole rings is 1. The number of H-pyrrole nitrogens is 2. The molecule has 0 spiro atoms. The van der Waals surface area contributed by atoms with E-state index in [1.807, 2.05) is 42.6 Å². The van der Waals surface area contributed by atoms with Gasteiger partial charge in [0.05, 0.1) is 16.7 Å². The molecular weight excluding hydrogens is 302 g/mol. The van der Waals surface area contributed by atoms with E-state index < -0.39 is 0 Å². The molecule has 0 fully saturated rings. The Morgan fingerprint density at radius 2 is 1.83 bits per heavy atom. The van der Waals surface area contributed by atoms with E-state index in [2.05, 4.69) is 25.3 Å². The van der Waals surface area contributed by atoms with Gasteiger partial charge in [-0.05, 0) is 35.4 Å². The van der Waals surface area contributed by atoms with Crippen LogP contribution in [0.2, 0.25) is 0 Å². The lowest BCUT2D eigenvalue weighted by Gasteiger charge is -2.08. The predicted molar refractivity (Wildman–Crippen MR) is 93.7 cm³/mol. The van der Waals surface area contributed by atoms with Crippen molar-refractivity contribution in [1.29, 1.82) is 0 Å². The molecule has 0 atom stereocenters. The highest BCUT2D eigenvalue weighted by Gasteiger charge is 2.04. The predicted octanol–water partition coefficient (Wildman–Crippen LogP) is 2.93. The molecule has 118 valence electrons. The first-order chi connectivity index (χ1) is 11.8. The zero-order valence-electron chi connectivity index (χ0n) is 12.8. The van der Waals surface area contributed by atoms with Crippen LogP contribution < -0.4 is 11.0 Å². The fourth-order valence-electron chi connectivity index (χ4n) is 2.61. The molecule has 0 saturated heterocycles. The van der Waals surface area contributed by atoms with Crippen LogP contribution in [0.25, 0.3) is 22.2 Å². The van der Waals surface area contributed by atoms with Crippen molar-refractivity contribution in [1.82, 2.24) is 19.9 Å². The molecule has 0 amide bonds. The molecule has 3 heterocycles. The van der Waals surface area contributed by atoms with Crippen LogP contribution in [0.3, 0.4) is 0 Å². The fraction of sp³-hybridized carbons (Fsp3) is 0.0556. The zero-order chi connectivity index (χ0) is 16.4. The summed E-state index contributed by atoms with van der Waals surface area (Å²) >= 11 is 0. The molecular formula is C18H15N5O. The van der Waals surface area contributed by atoms with Crippen molar-refractivity contribution in [3.63, 3.8) is 0 Å². The number of anilines is 1. The Kier molecular flexibility index (Phi) is 3.55. The minimum absolute atomic E-state index is 0.202. The summed E-state index contributed by atoms with van der Waals surface area (Å²) < 4.78 is 0. The van der Waals surface area contributed by atoms with E-state index in [-0.39, 0.29) is 5.69 Å². The number of pyridine rings is 2. The van der Waals surface area contributed by atoms with Gasteiger partial charge in [-0.3, -0.25) is 9.97 Å². The molecule has 0 saturated carbocycles. The van der Waals surface area contributed by atoms with Crippen molar-refractivity contribution in [2.75, 3.05) is 5.32 Å². The SMILES string of the molecule is O=c1[nH]c2ccc(-c3cncc(NCc4cccnc4)c3)cc2[nH]1. The third-order valence-corrected chi connectivity index (χ3v) is 3.81. The van der Waals surface area contributed by atoms with Crippen LogP contribution in [0.5, 0.6) is 0 Å². The van der Waals surface area contributed by atoms with Gasteiger partial charge in [0.2, 0.25) is 0 Å². The third kappa shape index (κ3) is 2.89. The fourth-order valence-corrected chi connectivity index (χ4v) is 2.61. The number of nitrogens with one attached hydrogen (secondary N) is 3. The van der Waals surface area contributed by atoms with E-state index in [1.165, 1.54) is 0 Å². The number of aromatic nitrogens is 4. The van der Waals surface area contributed by atoms with Crippen LogP contribution in [-0.4, -0.2) is 19.9 Å². The van der Waals surface area contributed by atoms with Gasteiger partial charge in [-0.2, -0.15) is 0 Å². The van der Waals surface area contributed by atoms with Crippen LogP contribution in [0.15, 0.2) is 66.0 Å². The second-order valence-corrected chi connectivity index (χ2v) is 5.52. The largest absolute Gasteiger partial charge is 0.380 e. The molecule has 0 radical (unpaired) electrons. The summed E-state index contributed by atoms with van der Waals surface area (Å²) in [6.45, 7) is 0.684. The van der Waals surface area contributed by atoms with Crippen molar-refractivity contribution in [2.24, 2.45) is 0 Å². The van der Waals surface area contributed by atoms with Gasteiger partial charge < -0.3 is 15.3 Å². The van der Waals surface area contributed by atoms with E-state index in [9.17, 15) is 4.79 Å². The summed E-state index contributed by atoms with van der Waals surface area (Å²) in [4.78, 5) is 25.3. The molecule has 0 unspecified atom stereocenters. The van der Waals surface area contributed by atoms with E-state index in [1.54, 1.807) is 18.6 Å². The number of hydrogen-bond acceptors (Lipinski definition) is 4. The van der Waals surface area contributed by atoms with Gasteiger partial charge in [0.15, 0.2) is 0 Å². The van der Waals surface area contributed by atoms with Crippen LogP contribution in [0.4, 0.5) is 5.69 Å². The summed E-state index contributed by atoms with van der Waals surface area (Å²) in [6, 6.07) is 11.8. The maximum atomic E-state index is 11.4. The van der Waals surface area contributed by atoms with Crippen LogP contribution in [0.1, 0.15) is 5.56 Å². The van der Waals surface area contributed by atoms with Gasteiger partial charge in [-0.15, -0.1) is 0 Å². The molecule has 0 aliphatic rings. The summed E-state index contributed by atoms with van der Waals surface area (Å²) in [6.07, 6.45) is 7.19. The number of fused-ring (bicyclic) bond motifs is 1. The molecule has 3 N–H and O–H groups in total. The first-order valence-electron chi connectivity index (χ1n) is 7.58. The molecule has 3 aromatic heterocycles. The van der Waals surface area contributed by atoms with Crippen molar-refractivity contribution >= 4 is 16.7 Å². The lowest BCUT2D eigenvalue weighted by molar-refractivity contribution is 1.11. The zero-order valence-corrected chi connectivity index (χ0v) is 12.8. The number of aromatic amines is 2. The van der Waals surface area contributed by atoms with Crippen LogP contribution >= 0.6 is 0 Å². The second-order valence-electron chi connectivity index (χ2n) is 5.52. The third-order valence-electron chi connectivity index (χ3n) is 3.81. The number of nitrogens with zero attached hydrogens (tertiary/aromatic N) is 2. The van der Waals surface area contributed by atoms with E-state index in [0.29, 0.717) is 6.54 Å². The quantitative estimate of drug-likeness (QED) is 0.540. The van der Waals surface area contributed by atoms with Gasteiger partial charge >= 0.3 is 5.69 Å². The number of hydrogen-bond donors (Lipinski definition) is 3. The smallest absolute Gasteiger partial charge is 0.323 e. The van der Waals surface area contributed by atoms with Crippen LogP contribution in [0, 0.1) is 0 Å². The first kappa shape index (κ1) is 14.2. The van der Waals surface area contributed by atoms with E-state index >= 15 is 0 Å². The minimum atomic E-state index is -0.202. The highest BCUT2D eigenvalue weighted by molar-refractivity contribution is 5.81. The second kappa shape index (κ2) is 6.00. The summed E-state index contributed by atoms with van der Waals surface area (Å²) in [5.74, 6) is 0. The van der Waals surface area contributed by atoms with Gasteiger partial charge in [-0.25, -0.2) is 4.79 Å². The highest BCUT2D eigenvalue weighted by Crippen LogP contribution is 2.24. The lowest BCUT2D eigenvalue weighted by atomic mass is 10.1. The standard InChI is InChI=1S/C18H15N5O/c24-18-22-16-4-3-13(7-17(16)23-18)14-6-15(11-20-10-14)21-9-12-2-1-5-19-8-12/h1-8,10-11,21H,9H2,(H2,22,23,24). The Hall–Kier alpha value is -3.41. The van der Waals surface area contributed by atoms with Gasteiger partial charge in [0.1, 0.15) is 0 Å². The Morgan fingerprint density at radius 3 is 2.71 bits per heavy atom. The molecule has 0 aliphatic carbocycles. The molecule has 4 rings (SSSR count). The average molecular weight is 317 g/mol. The van der Waals surface area contributed by atoms with Crippen molar-refractivity contribution in [3.05, 3.63) is 77.2 Å². The van der Waals surface area contributed by atoms with Crippen LogP contribution in [-0.2, 0) is 6.54 Å². The number of rotatable bonds is 4. The average Bonchev–Trinajstić information content (AvgIpc) is 3.00. The first-order valence-corrected chi connectivity index (χ1v) is 7.58.